The Balaban J connectivity index is 2.25. The Morgan fingerprint density at radius 3 is 2.74 bits per heavy atom. The quantitative estimate of drug-likeness (QED) is 0.848. The van der Waals surface area contributed by atoms with E-state index in [0.717, 1.165) is 11.3 Å². The van der Waals surface area contributed by atoms with Gasteiger partial charge in [-0.1, -0.05) is 23.8 Å². The molecule has 2 rings (SSSR count). The third-order valence-corrected chi connectivity index (χ3v) is 2.94. The molecule has 6 heteroatoms. The molecule has 0 spiro atoms. The number of ether oxygens (including phenoxy) is 1. The zero-order valence-corrected chi connectivity index (χ0v) is 11.8. The third-order valence-electron chi connectivity index (χ3n) is 2.47. The Labute approximate surface area is 121 Å². The number of aromatic nitrogens is 1. The number of hydrogen-bond donors (Lipinski definition) is 2. The van der Waals surface area contributed by atoms with Crippen LogP contribution in [0.2, 0.25) is 5.02 Å². The van der Waals surface area contributed by atoms with Crippen LogP contribution in [0.15, 0.2) is 36.5 Å². The van der Waals surface area contributed by atoms with Crippen molar-refractivity contribution in [3.05, 3.63) is 47.1 Å². The molecule has 1 aromatic carbocycles. The molecule has 2 aromatic rings. The topological polar surface area (TPSA) is 60.2 Å². The van der Waals surface area contributed by atoms with Crippen molar-refractivity contribution in [3.8, 4) is 5.75 Å². The van der Waals surface area contributed by atoms with Crippen molar-refractivity contribution in [2.24, 2.45) is 5.73 Å². The van der Waals surface area contributed by atoms with Crippen molar-refractivity contribution in [1.82, 2.24) is 4.98 Å². The monoisotopic (exact) mass is 293 g/mol. The molecule has 0 saturated carbocycles. The lowest BCUT2D eigenvalue weighted by atomic mass is 10.2. The van der Waals surface area contributed by atoms with Crippen LogP contribution in [-0.4, -0.2) is 17.1 Å². The first kappa shape index (κ1) is 13.6. The van der Waals surface area contributed by atoms with E-state index in [9.17, 15) is 0 Å². The van der Waals surface area contributed by atoms with E-state index in [1.165, 1.54) is 0 Å². The van der Waals surface area contributed by atoms with Crippen LogP contribution in [0.25, 0.3) is 0 Å². The normalized spacial score (nSPS) is 10.0. The molecule has 0 fully saturated rings. The van der Waals surface area contributed by atoms with E-state index in [0.29, 0.717) is 21.6 Å². The van der Waals surface area contributed by atoms with E-state index >= 15 is 0 Å². The van der Waals surface area contributed by atoms with Gasteiger partial charge in [-0.3, -0.25) is 0 Å². The fourth-order valence-electron chi connectivity index (χ4n) is 1.53. The Morgan fingerprint density at radius 2 is 2.16 bits per heavy atom. The number of nitrogens with zero attached hydrogens (tertiary/aromatic N) is 1. The molecule has 0 saturated heterocycles. The van der Waals surface area contributed by atoms with Crippen LogP contribution in [0.4, 0.5) is 11.5 Å². The maximum absolute atomic E-state index is 5.96. The zero-order valence-electron chi connectivity index (χ0n) is 10.2. The lowest BCUT2D eigenvalue weighted by Gasteiger charge is -2.11. The number of rotatable bonds is 4. The van der Waals surface area contributed by atoms with Crippen LogP contribution in [0, 0.1) is 0 Å². The molecule has 0 amide bonds. The second-order valence-corrected chi connectivity index (χ2v) is 4.64. The largest absolute Gasteiger partial charge is 0.495 e. The summed E-state index contributed by atoms with van der Waals surface area (Å²) in [6.45, 7) is 0. The van der Waals surface area contributed by atoms with Gasteiger partial charge >= 0.3 is 0 Å². The average molecular weight is 294 g/mol. The first-order valence-electron chi connectivity index (χ1n) is 5.46. The number of nitrogens with two attached hydrogens (primary N) is 1. The maximum atomic E-state index is 5.96. The van der Waals surface area contributed by atoms with Gasteiger partial charge in [0.15, 0.2) is 0 Å². The number of thiocarbonyl (C=S) groups is 1. The van der Waals surface area contributed by atoms with Crippen molar-refractivity contribution in [1.29, 1.82) is 0 Å². The van der Waals surface area contributed by atoms with Gasteiger partial charge in [0.2, 0.25) is 0 Å². The third kappa shape index (κ3) is 3.33. The highest BCUT2D eigenvalue weighted by Crippen LogP contribution is 2.29. The minimum atomic E-state index is 0.319. The Morgan fingerprint density at radius 1 is 1.37 bits per heavy atom. The fourth-order valence-corrected chi connectivity index (χ4v) is 1.82. The van der Waals surface area contributed by atoms with Crippen molar-refractivity contribution >= 4 is 40.3 Å². The summed E-state index contributed by atoms with van der Waals surface area (Å²) in [6, 6.07) is 8.90. The fraction of sp³-hybridized carbons (Fsp3) is 0.0769. The van der Waals surface area contributed by atoms with Crippen molar-refractivity contribution in [2.45, 2.75) is 0 Å². The van der Waals surface area contributed by atoms with E-state index in [1.54, 1.807) is 43.6 Å². The SMILES string of the molecule is COc1ccc(Cl)cc1Nc1ccc(C(N)=S)cn1. The molecule has 0 aliphatic carbocycles. The predicted octanol–water partition coefficient (Wildman–Crippen LogP) is 3.12. The van der Waals surface area contributed by atoms with Gasteiger partial charge in [0, 0.05) is 16.8 Å². The summed E-state index contributed by atoms with van der Waals surface area (Å²) in [4.78, 5) is 4.54. The summed E-state index contributed by atoms with van der Waals surface area (Å²) in [6.07, 6.45) is 1.61. The zero-order chi connectivity index (χ0) is 13.8. The van der Waals surface area contributed by atoms with E-state index in [4.69, 9.17) is 34.3 Å². The summed E-state index contributed by atoms with van der Waals surface area (Å²) < 4.78 is 5.24. The Hall–Kier alpha value is -1.85. The van der Waals surface area contributed by atoms with Gasteiger partial charge in [0.05, 0.1) is 12.8 Å². The average Bonchev–Trinajstić information content (AvgIpc) is 2.39. The van der Waals surface area contributed by atoms with Gasteiger partial charge in [-0.15, -0.1) is 0 Å². The van der Waals surface area contributed by atoms with E-state index < -0.39 is 0 Å². The maximum Gasteiger partial charge on any atom is 0.142 e. The van der Waals surface area contributed by atoms with Crippen molar-refractivity contribution in [3.63, 3.8) is 0 Å². The van der Waals surface area contributed by atoms with Gasteiger partial charge in [-0.05, 0) is 30.3 Å². The minimum Gasteiger partial charge on any atom is -0.495 e. The molecule has 19 heavy (non-hydrogen) atoms. The number of hydrogen-bond acceptors (Lipinski definition) is 4. The molecule has 3 N–H and O–H groups in total. The smallest absolute Gasteiger partial charge is 0.142 e. The van der Waals surface area contributed by atoms with E-state index in [1.807, 2.05) is 0 Å². The minimum absolute atomic E-state index is 0.319. The summed E-state index contributed by atoms with van der Waals surface area (Å²) in [7, 11) is 1.60. The molecule has 0 aliphatic rings. The summed E-state index contributed by atoms with van der Waals surface area (Å²) in [5, 5.41) is 3.74. The predicted molar refractivity (Wildman–Crippen MR) is 81.4 cm³/mol. The van der Waals surface area contributed by atoms with E-state index in [-0.39, 0.29) is 0 Å². The first-order chi connectivity index (χ1) is 9.10. The van der Waals surface area contributed by atoms with Gasteiger partial charge in [-0.2, -0.15) is 0 Å². The van der Waals surface area contributed by atoms with Gasteiger partial charge < -0.3 is 15.8 Å². The lowest BCUT2D eigenvalue weighted by Crippen LogP contribution is -2.09. The van der Waals surface area contributed by atoms with Crippen LogP contribution >= 0.6 is 23.8 Å². The Bertz CT molecular complexity index is 601. The summed E-state index contributed by atoms with van der Waals surface area (Å²) in [5.41, 5.74) is 6.98. The number of halogens is 1. The molecule has 0 atom stereocenters. The number of methoxy groups -OCH3 is 1. The molecule has 98 valence electrons. The highest BCUT2D eigenvalue weighted by atomic mass is 35.5. The number of pyridine rings is 1. The van der Waals surface area contributed by atoms with Crippen LogP contribution in [0.3, 0.4) is 0 Å². The molecular weight excluding hydrogens is 282 g/mol. The van der Waals surface area contributed by atoms with Gasteiger partial charge in [0.25, 0.3) is 0 Å². The number of benzene rings is 1. The second-order valence-electron chi connectivity index (χ2n) is 3.77. The molecule has 0 radical (unpaired) electrons. The molecule has 0 aliphatic heterocycles. The number of anilines is 2. The number of nitrogens with one attached hydrogen (secondary N) is 1. The molecule has 0 bridgehead atoms. The summed E-state index contributed by atoms with van der Waals surface area (Å²) >= 11 is 10.8. The van der Waals surface area contributed by atoms with Crippen LogP contribution < -0.4 is 15.8 Å². The van der Waals surface area contributed by atoms with Crippen LogP contribution in [0.1, 0.15) is 5.56 Å². The van der Waals surface area contributed by atoms with Crippen LogP contribution in [0.5, 0.6) is 5.75 Å². The van der Waals surface area contributed by atoms with Gasteiger partial charge in [-0.25, -0.2) is 4.98 Å². The molecule has 0 unspecified atom stereocenters. The van der Waals surface area contributed by atoms with Gasteiger partial charge in [0.1, 0.15) is 16.6 Å². The molecule has 4 nitrogen and oxygen atoms in total. The first-order valence-corrected chi connectivity index (χ1v) is 6.25. The highest BCUT2D eigenvalue weighted by Gasteiger charge is 2.05. The standard InChI is InChI=1S/C13H12ClN3OS/c1-18-11-4-3-9(14)6-10(11)17-12-5-2-8(7-16-12)13(15)19/h2-7H,1H3,(H2,15,19)(H,16,17). The Kier molecular flexibility index (Phi) is 4.19. The molecule has 1 aromatic heterocycles. The second kappa shape index (κ2) is 5.86. The van der Waals surface area contributed by atoms with E-state index in [2.05, 4.69) is 10.3 Å². The highest BCUT2D eigenvalue weighted by molar-refractivity contribution is 7.80. The lowest BCUT2D eigenvalue weighted by molar-refractivity contribution is 0.417. The summed E-state index contributed by atoms with van der Waals surface area (Å²) in [5.74, 6) is 1.34. The van der Waals surface area contributed by atoms with Crippen molar-refractivity contribution < 1.29 is 4.74 Å². The van der Waals surface area contributed by atoms with Crippen LogP contribution in [-0.2, 0) is 0 Å². The molecule has 1 heterocycles. The molecular formula is C13H12ClN3OS. The van der Waals surface area contributed by atoms with Crippen molar-refractivity contribution in [2.75, 3.05) is 12.4 Å².